The van der Waals surface area contributed by atoms with Gasteiger partial charge >= 0.3 is 0 Å². The Labute approximate surface area is 107 Å². The Morgan fingerprint density at radius 1 is 1.47 bits per heavy atom. The Hall–Kier alpha value is -1.47. The molecule has 2 heterocycles. The molecule has 0 saturated heterocycles. The summed E-state index contributed by atoms with van der Waals surface area (Å²) in [5, 5.41) is 6.14. The van der Waals surface area contributed by atoms with Gasteiger partial charge in [-0.1, -0.05) is 11.3 Å². The molecule has 7 heteroatoms. The van der Waals surface area contributed by atoms with Gasteiger partial charge in [0.25, 0.3) is 5.91 Å². The molecule has 3 N–H and O–H groups in total. The molecule has 0 aliphatic carbocycles. The number of nitrogens with two attached hydrogens (primary N) is 1. The maximum atomic E-state index is 11.8. The monoisotopic (exact) mass is 268 g/mol. The molecule has 2 aromatic heterocycles. The van der Waals surface area contributed by atoms with Gasteiger partial charge in [-0.3, -0.25) is 4.79 Å². The number of thiazole rings is 2. The van der Waals surface area contributed by atoms with Gasteiger partial charge in [-0.25, -0.2) is 9.97 Å². The van der Waals surface area contributed by atoms with Crippen molar-refractivity contribution in [2.45, 2.75) is 20.4 Å². The van der Waals surface area contributed by atoms with Crippen molar-refractivity contribution in [1.82, 2.24) is 15.3 Å². The number of hydrogen-bond acceptors (Lipinski definition) is 6. The highest BCUT2D eigenvalue weighted by Gasteiger charge is 2.13. The van der Waals surface area contributed by atoms with E-state index in [1.165, 1.54) is 11.3 Å². The summed E-state index contributed by atoms with van der Waals surface area (Å²) < 4.78 is 0. The minimum absolute atomic E-state index is 0.151. The number of hydrogen-bond donors (Lipinski definition) is 2. The lowest BCUT2D eigenvalue weighted by molar-refractivity contribution is 0.0953. The van der Waals surface area contributed by atoms with E-state index in [1.54, 1.807) is 18.3 Å². The molecule has 0 unspecified atom stereocenters. The van der Waals surface area contributed by atoms with Crippen LogP contribution in [0.3, 0.4) is 0 Å². The molecular formula is C10H12N4OS2. The summed E-state index contributed by atoms with van der Waals surface area (Å²) in [6.45, 7) is 4.14. The molecule has 0 fully saturated rings. The zero-order valence-corrected chi connectivity index (χ0v) is 11.1. The summed E-state index contributed by atoms with van der Waals surface area (Å²) in [6, 6.07) is 0. The van der Waals surface area contributed by atoms with Crippen molar-refractivity contribution in [2.24, 2.45) is 0 Å². The number of nitrogen functional groups attached to an aromatic ring is 1. The zero-order valence-electron chi connectivity index (χ0n) is 9.48. The smallest absolute Gasteiger partial charge is 0.263 e. The first-order valence-corrected chi connectivity index (χ1v) is 6.68. The van der Waals surface area contributed by atoms with Crippen molar-refractivity contribution >= 4 is 33.7 Å². The number of amides is 1. The van der Waals surface area contributed by atoms with E-state index in [0.29, 0.717) is 22.2 Å². The highest BCUT2D eigenvalue weighted by Crippen LogP contribution is 2.19. The van der Waals surface area contributed by atoms with E-state index in [2.05, 4.69) is 15.3 Å². The molecular weight excluding hydrogens is 256 g/mol. The minimum Gasteiger partial charge on any atom is -0.375 e. The third-order valence-electron chi connectivity index (χ3n) is 2.12. The van der Waals surface area contributed by atoms with E-state index in [0.717, 1.165) is 10.7 Å². The average Bonchev–Trinajstić information content (AvgIpc) is 2.81. The van der Waals surface area contributed by atoms with E-state index >= 15 is 0 Å². The lowest BCUT2D eigenvalue weighted by atomic mass is 10.3. The Bertz CT molecular complexity index is 546. The normalized spacial score (nSPS) is 10.5. The summed E-state index contributed by atoms with van der Waals surface area (Å²) in [5.74, 6) is -0.151. The van der Waals surface area contributed by atoms with Crippen molar-refractivity contribution in [3.8, 4) is 0 Å². The molecule has 1 amide bonds. The van der Waals surface area contributed by atoms with E-state index in [1.807, 2.05) is 12.3 Å². The number of nitrogens with one attached hydrogen (secondary N) is 1. The van der Waals surface area contributed by atoms with Crippen LogP contribution in [0.5, 0.6) is 0 Å². The summed E-state index contributed by atoms with van der Waals surface area (Å²) in [7, 11) is 0. The molecule has 0 saturated carbocycles. The highest BCUT2D eigenvalue weighted by molar-refractivity contribution is 7.17. The number of carbonyl (C=O) groups is 1. The molecule has 0 bridgehead atoms. The van der Waals surface area contributed by atoms with Crippen molar-refractivity contribution in [1.29, 1.82) is 0 Å². The molecule has 2 rings (SSSR count). The van der Waals surface area contributed by atoms with Crippen LogP contribution in [0.15, 0.2) is 5.38 Å². The molecule has 0 aromatic carbocycles. The summed E-state index contributed by atoms with van der Waals surface area (Å²) >= 11 is 2.77. The van der Waals surface area contributed by atoms with Crippen LogP contribution < -0.4 is 11.1 Å². The van der Waals surface area contributed by atoms with Gasteiger partial charge in [0.05, 0.1) is 22.9 Å². The van der Waals surface area contributed by atoms with E-state index in [4.69, 9.17) is 5.73 Å². The number of anilines is 1. The second-order valence-corrected chi connectivity index (χ2v) is 5.60. The fourth-order valence-electron chi connectivity index (χ4n) is 1.37. The second-order valence-electron chi connectivity index (χ2n) is 3.51. The summed E-state index contributed by atoms with van der Waals surface area (Å²) in [5.41, 5.74) is 7.08. The van der Waals surface area contributed by atoms with Crippen LogP contribution in [-0.2, 0) is 6.54 Å². The van der Waals surface area contributed by atoms with Gasteiger partial charge in [-0.15, -0.1) is 11.3 Å². The van der Waals surface area contributed by atoms with E-state index in [-0.39, 0.29) is 5.91 Å². The molecule has 90 valence electrons. The van der Waals surface area contributed by atoms with Crippen LogP contribution >= 0.6 is 22.7 Å². The number of rotatable bonds is 3. The zero-order chi connectivity index (χ0) is 12.4. The lowest BCUT2D eigenvalue weighted by Gasteiger charge is -2.00. The molecule has 0 atom stereocenters. The fraction of sp³-hybridized carbons (Fsp3) is 0.300. The van der Waals surface area contributed by atoms with Gasteiger partial charge in [0.2, 0.25) is 0 Å². The third kappa shape index (κ3) is 2.80. The lowest BCUT2D eigenvalue weighted by Crippen LogP contribution is -2.22. The van der Waals surface area contributed by atoms with Crippen LogP contribution in [0.2, 0.25) is 0 Å². The van der Waals surface area contributed by atoms with Crippen molar-refractivity contribution in [2.75, 3.05) is 5.73 Å². The van der Waals surface area contributed by atoms with Crippen molar-refractivity contribution in [3.63, 3.8) is 0 Å². The highest BCUT2D eigenvalue weighted by atomic mass is 32.1. The van der Waals surface area contributed by atoms with E-state index < -0.39 is 0 Å². The number of aromatic nitrogens is 2. The number of carbonyl (C=O) groups excluding carboxylic acids is 1. The Kier molecular flexibility index (Phi) is 3.39. The van der Waals surface area contributed by atoms with Gasteiger partial charge in [0.15, 0.2) is 5.13 Å². The maximum Gasteiger partial charge on any atom is 0.263 e. The molecule has 17 heavy (non-hydrogen) atoms. The topological polar surface area (TPSA) is 80.9 Å². The number of nitrogens with zero attached hydrogens (tertiary/aromatic N) is 2. The molecule has 5 nitrogen and oxygen atoms in total. The summed E-state index contributed by atoms with van der Waals surface area (Å²) in [4.78, 5) is 20.7. The molecule has 0 spiro atoms. The predicted molar refractivity (Wildman–Crippen MR) is 69.3 cm³/mol. The van der Waals surface area contributed by atoms with Gasteiger partial charge in [0, 0.05) is 5.38 Å². The third-order valence-corrected chi connectivity index (χ3v) is 3.92. The summed E-state index contributed by atoms with van der Waals surface area (Å²) in [6.07, 6.45) is 0. The Morgan fingerprint density at radius 3 is 2.76 bits per heavy atom. The Balaban J connectivity index is 2.00. The quantitative estimate of drug-likeness (QED) is 0.888. The molecule has 0 aliphatic heterocycles. The standard InChI is InChI=1S/C10H12N4OS2/c1-5-8(17-10(11)13-5)9(15)12-3-7-4-16-6(2)14-7/h4H,3H2,1-2H3,(H2,11,13)(H,12,15). The number of aryl methyl sites for hydroxylation is 2. The first kappa shape index (κ1) is 12.0. The van der Waals surface area contributed by atoms with Crippen molar-refractivity contribution < 1.29 is 4.79 Å². The Morgan fingerprint density at radius 2 is 2.24 bits per heavy atom. The molecule has 0 aliphatic rings. The largest absolute Gasteiger partial charge is 0.375 e. The average molecular weight is 268 g/mol. The fourth-order valence-corrected chi connectivity index (χ4v) is 2.73. The SMILES string of the molecule is Cc1nc(CNC(=O)c2sc(N)nc2C)cs1. The molecule has 2 aromatic rings. The van der Waals surface area contributed by atoms with Gasteiger partial charge in [-0.05, 0) is 13.8 Å². The molecule has 0 radical (unpaired) electrons. The van der Waals surface area contributed by atoms with Crippen LogP contribution in [0.4, 0.5) is 5.13 Å². The minimum atomic E-state index is -0.151. The van der Waals surface area contributed by atoms with Crippen molar-refractivity contribution in [3.05, 3.63) is 26.7 Å². The van der Waals surface area contributed by atoms with E-state index in [9.17, 15) is 4.79 Å². The first-order valence-electron chi connectivity index (χ1n) is 4.98. The first-order chi connectivity index (χ1) is 8.06. The predicted octanol–water partition coefficient (Wildman–Crippen LogP) is 1.73. The van der Waals surface area contributed by atoms with Crippen LogP contribution in [0.1, 0.15) is 26.1 Å². The van der Waals surface area contributed by atoms with Gasteiger partial charge in [-0.2, -0.15) is 0 Å². The van der Waals surface area contributed by atoms with Crippen LogP contribution in [-0.4, -0.2) is 15.9 Å². The van der Waals surface area contributed by atoms with Crippen LogP contribution in [0, 0.1) is 13.8 Å². The van der Waals surface area contributed by atoms with Crippen LogP contribution in [0.25, 0.3) is 0 Å². The maximum absolute atomic E-state index is 11.8. The van der Waals surface area contributed by atoms with Gasteiger partial charge < -0.3 is 11.1 Å². The van der Waals surface area contributed by atoms with Gasteiger partial charge in [0.1, 0.15) is 4.88 Å². The second kappa shape index (κ2) is 4.80.